The average molecular weight is 509 g/mol. The van der Waals surface area contributed by atoms with Crippen molar-refractivity contribution in [1.29, 1.82) is 0 Å². The molecule has 2 rings (SSSR count). The number of benzene rings is 2. The van der Waals surface area contributed by atoms with Crippen molar-refractivity contribution in [2.45, 2.75) is 130 Å². The van der Waals surface area contributed by atoms with E-state index in [-0.39, 0.29) is 0 Å². The molecule has 0 fully saturated rings. The van der Waals surface area contributed by atoms with E-state index in [1.54, 1.807) is 0 Å². The van der Waals surface area contributed by atoms with E-state index in [1.807, 2.05) is 0 Å². The third-order valence-electron chi connectivity index (χ3n) is 7.54. The largest absolute Gasteiger partial charge is 0.494 e. The standard InChI is InChI=1S/C35H56O2/c1-4-6-7-8-9-10-11-12-13-14-15-16-17-18-19-20-29-36-34-25-21-32(22-26-34)33-23-27-35(28-24-33)37-30-31(3)5-2/h21-28,31H,4-20,29-30H2,1-3H3/t31-/m0/s1. The second-order valence-corrected chi connectivity index (χ2v) is 11.0. The van der Waals surface area contributed by atoms with Crippen LogP contribution in [-0.2, 0) is 0 Å². The summed E-state index contributed by atoms with van der Waals surface area (Å²) in [6.07, 6.45) is 23.5. The molecule has 2 nitrogen and oxygen atoms in total. The van der Waals surface area contributed by atoms with Gasteiger partial charge in [0, 0.05) is 0 Å². The van der Waals surface area contributed by atoms with E-state index in [9.17, 15) is 0 Å². The van der Waals surface area contributed by atoms with E-state index in [1.165, 1.54) is 107 Å². The van der Waals surface area contributed by atoms with Crippen LogP contribution in [0.5, 0.6) is 11.5 Å². The second kappa shape index (κ2) is 21.0. The lowest BCUT2D eigenvalue weighted by atomic mass is 10.0. The minimum atomic E-state index is 0.589. The maximum Gasteiger partial charge on any atom is 0.119 e. The van der Waals surface area contributed by atoms with Crippen molar-refractivity contribution < 1.29 is 9.47 Å². The Morgan fingerprint density at radius 1 is 0.486 bits per heavy atom. The Hall–Kier alpha value is -1.96. The Kier molecular flexibility index (Phi) is 17.8. The van der Waals surface area contributed by atoms with Crippen molar-refractivity contribution in [3.05, 3.63) is 48.5 Å². The summed E-state index contributed by atoms with van der Waals surface area (Å²) in [6, 6.07) is 16.9. The van der Waals surface area contributed by atoms with Crippen molar-refractivity contribution in [2.75, 3.05) is 13.2 Å². The molecular formula is C35H56O2. The number of ether oxygens (including phenoxy) is 2. The van der Waals surface area contributed by atoms with E-state index in [0.29, 0.717) is 5.92 Å². The molecule has 0 aliphatic heterocycles. The van der Waals surface area contributed by atoms with E-state index < -0.39 is 0 Å². The van der Waals surface area contributed by atoms with Crippen LogP contribution in [-0.4, -0.2) is 13.2 Å². The first kappa shape index (κ1) is 31.3. The van der Waals surface area contributed by atoms with Crippen LogP contribution >= 0.6 is 0 Å². The van der Waals surface area contributed by atoms with Crippen LogP contribution in [0.2, 0.25) is 0 Å². The lowest BCUT2D eigenvalue weighted by Crippen LogP contribution is -2.06. The highest BCUT2D eigenvalue weighted by molar-refractivity contribution is 5.64. The Labute approximate surface area is 229 Å². The van der Waals surface area contributed by atoms with Crippen molar-refractivity contribution in [2.24, 2.45) is 5.92 Å². The van der Waals surface area contributed by atoms with E-state index >= 15 is 0 Å². The molecule has 0 unspecified atom stereocenters. The van der Waals surface area contributed by atoms with Gasteiger partial charge in [0.05, 0.1) is 13.2 Å². The predicted octanol–water partition coefficient (Wildman–Crippen LogP) is 11.4. The van der Waals surface area contributed by atoms with Crippen molar-refractivity contribution in [1.82, 2.24) is 0 Å². The average Bonchev–Trinajstić information content (AvgIpc) is 2.94. The second-order valence-electron chi connectivity index (χ2n) is 11.0. The van der Waals surface area contributed by atoms with Crippen LogP contribution in [0.4, 0.5) is 0 Å². The molecule has 2 aromatic rings. The minimum absolute atomic E-state index is 0.589. The van der Waals surface area contributed by atoms with Gasteiger partial charge in [0.25, 0.3) is 0 Å². The van der Waals surface area contributed by atoms with Crippen molar-refractivity contribution in [3.8, 4) is 22.6 Å². The van der Waals surface area contributed by atoms with E-state index in [4.69, 9.17) is 9.47 Å². The molecule has 0 aliphatic carbocycles. The van der Waals surface area contributed by atoms with Gasteiger partial charge in [-0.1, -0.05) is 148 Å². The zero-order valence-corrected chi connectivity index (χ0v) is 24.4. The van der Waals surface area contributed by atoms with Gasteiger partial charge in [-0.3, -0.25) is 0 Å². The first-order valence-corrected chi connectivity index (χ1v) is 15.7. The summed E-state index contributed by atoms with van der Waals surface area (Å²) in [4.78, 5) is 0. The van der Waals surface area contributed by atoms with E-state index in [0.717, 1.165) is 37.6 Å². The van der Waals surface area contributed by atoms with Gasteiger partial charge in [-0.2, -0.15) is 0 Å². The third-order valence-corrected chi connectivity index (χ3v) is 7.54. The smallest absolute Gasteiger partial charge is 0.119 e. The molecule has 2 heteroatoms. The Morgan fingerprint density at radius 2 is 0.865 bits per heavy atom. The highest BCUT2D eigenvalue weighted by Crippen LogP contribution is 2.25. The number of hydrogen-bond acceptors (Lipinski definition) is 2. The maximum absolute atomic E-state index is 5.98. The van der Waals surface area contributed by atoms with E-state index in [2.05, 4.69) is 69.3 Å². The highest BCUT2D eigenvalue weighted by Gasteiger charge is 2.03. The summed E-state index contributed by atoms with van der Waals surface area (Å²) in [7, 11) is 0. The van der Waals surface area contributed by atoms with Crippen LogP contribution in [0.15, 0.2) is 48.5 Å². The van der Waals surface area contributed by atoms with Gasteiger partial charge in [0.1, 0.15) is 11.5 Å². The summed E-state index contributed by atoms with van der Waals surface area (Å²) in [5.74, 6) is 2.51. The summed E-state index contributed by atoms with van der Waals surface area (Å²) in [5.41, 5.74) is 2.42. The van der Waals surface area contributed by atoms with Gasteiger partial charge >= 0.3 is 0 Å². The number of hydrogen-bond donors (Lipinski definition) is 0. The lowest BCUT2D eigenvalue weighted by molar-refractivity contribution is 0.256. The Bertz CT molecular complexity index is 765. The zero-order chi connectivity index (χ0) is 26.4. The van der Waals surface area contributed by atoms with Crippen molar-refractivity contribution in [3.63, 3.8) is 0 Å². The lowest BCUT2D eigenvalue weighted by Gasteiger charge is -2.11. The highest BCUT2D eigenvalue weighted by atomic mass is 16.5. The van der Waals surface area contributed by atoms with Gasteiger partial charge in [-0.05, 0) is 47.7 Å². The molecule has 0 bridgehead atoms. The quantitative estimate of drug-likeness (QED) is 0.139. The molecule has 0 radical (unpaired) electrons. The molecule has 208 valence electrons. The molecule has 0 heterocycles. The molecule has 0 aromatic heterocycles. The topological polar surface area (TPSA) is 18.5 Å². The molecular weight excluding hydrogens is 452 g/mol. The maximum atomic E-state index is 5.98. The first-order chi connectivity index (χ1) is 18.2. The number of rotatable bonds is 23. The van der Waals surface area contributed by atoms with Crippen LogP contribution in [0, 0.1) is 5.92 Å². The molecule has 0 spiro atoms. The van der Waals surface area contributed by atoms with Crippen LogP contribution in [0.25, 0.3) is 11.1 Å². The fourth-order valence-electron chi connectivity index (χ4n) is 4.68. The fourth-order valence-corrected chi connectivity index (χ4v) is 4.68. The van der Waals surface area contributed by atoms with Gasteiger partial charge in [0.2, 0.25) is 0 Å². The minimum Gasteiger partial charge on any atom is -0.494 e. The fraction of sp³-hybridized carbons (Fsp3) is 0.657. The summed E-state index contributed by atoms with van der Waals surface area (Å²) < 4.78 is 11.9. The Balaban J connectivity index is 1.44. The SMILES string of the molecule is CCCCCCCCCCCCCCCCCCOc1ccc(-c2ccc(OC[C@@H](C)CC)cc2)cc1. The normalized spacial score (nSPS) is 12.0. The third kappa shape index (κ3) is 15.1. The summed E-state index contributed by atoms with van der Waals surface area (Å²) >= 11 is 0. The molecule has 0 N–H and O–H groups in total. The van der Waals surface area contributed by atoms with Gasteiger partial charge in [0.15, 0.2) is 0 Å². The molecule has 0 saturated heterocycles. The monoisotopic (exact) mass is 508 g/mol. The molecule has 37 heavy (non-hydrogen) atoms. The van der Waals surface area contributed by atoms with Crippen LogP contribution in [0.3, 0.4) is 0 Å². The Morgan fingerprint density at radius 3 is 1.27 bits per heavy atom. The van der Waals surface area contributed by atoms with Gasteiger partial charge in [-0.15, -0.1) is 0 Å². The zero-order valence-electron chi connectivity index (χ0n) is 24.4. The van der Waals surface area contributed by atoms with Crippen molar-refractivity contribution >= 4 is 0 Å². The molecule has 0 saturated carbocycles. The summed E-state index contributed by atoms with van der Waals surface area (Å²) in [6.45, 7) is 8.31. The van der Waals surface area contributed by atoms with Gasteiger partial charge in [-0.25, -0.2) is 0 Å². The summed E-state index contributed by atoms with van der Waals surface area (Å²) in [5, 5.41) is 0. The molecule has 0 amide bonds. The first-order valence-electron chi connectivity index (χ1n) is 15.7. The molecule has 0 aliphatic rings. The number of unbranched alkanes of at least 4 members (excludes halogenated alkanes) is 15. The van der Waals surface area contributed by atoms with Crippen LogP contribution in [0.1, 0.15) is 130 Å². The molecule has 2 aromatic carbocycles. The van der Waals surface area contributed by atoms with Gasteiger partial charge < -0.3 is 9.47 Å². The van der Waals surface area contributed by atoms with Crippen LogP contribution < -0.4 is 9.47 Å². The predicted molar refractivity (Wildman–Crippen MR) is 162 cm³/mol. The molecule has 1 atom stereocenters.